The molecule has 1 atom stereocenters. The van der Waals surface area contributed by atoms with Crippen molar-refractivity contribution in [3.8, 4) is 5.75 Å². The van der Waals surface area contributed by atoms with E-state index in [1.807, 2.05) is 60.2 Å². The predicted octanol–water partition coefficient (Wildman–Crippen LogP) is 5.75. The Bertz CT molecular complexity index is 1190. The first-order valence-corrected chi connectivity index (χ1v) is 13.8. The minimum Gasteiger partial charge on any atom is -0.494 e. The molecule has 1 N–H and O–H groups in total. The van der Waals surface area contributed by atoms with Crippen molar-refractivity contribution in [1.82, 2.24) is 14.8 Å². The third-order valence-electron chi connectivity index (χ3n) is 7.55. The summed E-state index contributed by atoms with van der Waals surface area (Å²) in [7, 11) is 0. The fraction of sp³-hybridized carbons (Fsp3) is 0.500. The van der Waals surface area contributed by atoms with Gasteiger partial charge in [-0.15, -0.1) is 11.3 Å². The number of hydrogen-bond acceptors (Lipinski definition) is 4. The van der Waals surface area contributed by atoms with Crippen LogP contribution in [-0.2, 0) is 17.9 Å². The molecule has 6 nitrogen and oxygen atoms in total. The monoisotopic (exact) mass is 493 g/mol. The largest absolute Gasteiger partial charge is 0.494 e. The Hall–Kier alpha value is -2.80. The second-order valence-corrected chi connectivity index (χ2v) is 11.0. The summed E-state index contributed by atoms with van der Waals surface area (Å²) in [4.78, 5) is 29.6. The van der Waals surface area contributed by atoms with Gasteiger partial charge in [-0.3, -0.25) is 9.59 Å². The number of nitrogens with zero attached hydrogens (tertiary/aromatic N) is 2. The first kappa shape index (κ1) is 23.9. The fourth-order valence-corrected chi connectivity index (χ4v) is 6.32. The van der Waals surface area contributed by atoms with Crippen LogP contribution in [0.3, 0.4) is 0 Å². The summed E-state index contributed by atoms with van der Waals surface area (Å²) < 4.78 is 8.70. The Morgan fingerprint density at radius 2 is 1.83 bits per heavy atom. The van der Waals surface area contributed by atoms with E-state index in [1.165, 1.54) is 19.3 Å². The molecule has 35 heavy (non-hydrogen) atoms. The number of ether oxygens (including phenoxy) is 1. The van der Waals surface area contributed by atoms with Crippen LogP contribution >= 0.6 is 11.3 Å². The van der Waals surface area contributed by atoms with Crippen molar-refractivity contribution in [2.45, 2.75) is 83.5 Å². The fourth-order valence-electron chi connectivity index (χ4n) is 5.50. The summed E-state index contributed by atoms with van der Waals surface area (Å²) in [5, 5.41) is 5.40. The first-order valence-electron chi connectivity index (χ1n) is 12.9. The molecule has 1 aliphatic carbocycles. The van der Waals surface area contributed by atoms with Gasteiger partial charge in [-0.05, 0) is 61.9 Å². The second kappa shape index (κ2) is 10.1. The minimum atomic E-state index is -0.987. The van der Waals surface area contributed by atoms with Crippen LogP contribution in [-0.4, -0.2) is 39.5 Å². The van der Waals surface area contributed by atoms with Crippen molar-refractivity contribution in [1.29, 1.82) is 0 Å². The summed E-state index contributed by atoms with van der Waals surface area (Å²) in [5.74, 6) is 0.661. The summed E-state index contributed by atoms with van der Waals surface area (Å²) >= 11 is 1.63. The van der Waals surface area contributed by atoms with Gasteiger partial charge in [0, 0.05) is 12.6 Å². The quantitative estimate of drug-likeness (QED) is 0.476. The Labute approximate surface area is 211 Å². The lowest BCUT2D eigenvalue weighted by Gasteiger charge is -2.44. The topological polar surface area (TPSA) is 63.6 Å². The van der Waals surface area contributed by atoms with Crippen LogP contribution in [0.1, 0.15) is 74.8 Å². The molecule has 2 aliphatic rings. The van der Waals surface area contributed by atoms with Gasteiger partial charge < -0.3 is 19.5 Å². The number of rotatable bonds is 6. The van der Waals surface area contributed by atoms with E-state index in [1.54, 1.807) is 16.2 Å². The van der Waals surface area contributed by atoms with Gasteiger partial charge in [0.25, 0.3) is 5.91 Å². The maximum atomic E-state index is 13.9. The average Bonchev–Trinajstić information content (AvgIpc) is 3.42. The molecule has 0 spiro atoms. The third-order valence-corrected chi connectivity index (χ3v) is 8.41. The zero-order valence-electron chi connectivity index (χ0n) is 20.7. The third kappa shape index (κ3) is 4.70. The summed E-state index contributed by atoms with van der Waals surface area (Å²) in [6, 6.07) is 12.0. The van der Waals surface area contributed by atoms with Gasteiger partial charge in [-0.2, -0.15) is 0 Å². The molecule has 1 aromatic carbocycles. The molecule has 0 saturated heterocycles. The SMILES string of the molecule is CCOc1ccc(CN2C(=O)c3cc4sccc4n3CC2(C)C(=O)NC2CCCCCCC2)cc1. The van der Waals surface area contributed by atoms with E-state index in [9.17, 15) is 9.59 Å². The van der Waals surface area contributed by atoms with Crippen LogP contribution in [0, 0.1) is 0 Å². The second-order valence-electron chi connectivity index (χ2n) is 10.0. The normalized spacial score (nSPS) is 21.4. The number of thiophene rings is 1. The van der Waals surface area contributed by atoms with Gasteiger partial charge in [-0.1, -0.05) is 44.2 Å². The molecule has 2 amide bonds. The van der Waals surface area contributed by atoms with Crippen molar-refractivity contribution in [3.63, 3.8) is 0 Å². The molecule has 1 aliphatic heterocycles. The van der Waals surface area contributed by atoms with Crippen LogP contribution < -0.4 is 10.1 Å². The average molecular weight is 494 g/mol. The molecule has 3 heterocycles. The van der Waals surface area contributed by atoms with Crippen molar-refractivity contribution in [2.24, 2.45) is 0 Å². The molecule has 7 heteroatoms. The van der Waals surface area contributed by atoms with Crippen LogP contribution in [0.25, 0.3) is 10.2 Å². The van der Waals surface area contributed by atoms with Crippen molar-refractivity contribution in [2.75, 3.05) is 6.61 Å². The molecule has 3 aromatic rings. The molecule has 186 valence electrons. The highest BCUT2D eigenvalue weighted by atomic mass is 32.1. The van der Waals surface area contributed by atoms with Crippen LogP contribution in [0.2, 0.25) is 0 Å². The van der Waals surface area contributed by atoms with E-state index >= 15 is 0 Å². The highest BCUT2D eigenvalue weighted by Gasteiger charge is 2.48. The van der Waals surface area contributed by atoms with Gasteiger partial charge in [-0.25, -0.2) is 0 Å². The number of carbonyl (C=O) groups is 2. The minimum absolute atomic E-state index is 0.0508. The van der Waals surface area contributed by atoms with Crippen molar-refractivity contribution < 1.29 is 14.3 Å². The Balaban J connectivity index is 1.46. The highest BCUT2D eigenvalue weighted by Crippen LogP contribution is 2.35. The van der Waals surface area contributed by atoms with Gasteiger partial charge in [0.2, 0.25) is 5.91 Å². The molecular weight excluding hydrogens is 458 g/mol. The molecule has 2 aromatic heterocycles. The van der Waals surface area contributed by atoms with Crippen LogP contribution in [0.15, 0.2) is 41.8 Å². The Morgan fingerprint density at radius 1 is 1.11 bits per heavy atom. The lowest BCUT2D eigenvalue weighted by molar-refractivity contribution is -0.134. The van der Waals surface area contributed by atoms with Gasteiger partial charge >= 0.3 is 0 Å². The standard InChI is InChI=1S/C28H35N3O3S/c1-3-34-22-13-11-20(12-14-22)18-31-26(32)24-17-25-23(15-16-35-25)30(24)19-28(31,2)27(33)29-21-9-7-5-4-6-8-10-21/h11-17,21H,3-10,18-19H2,1-2H3,(H,29,33). The number of benzene rings is 1. The van der Waals surface area contributed by atoms with Crippen LogP contribution in [0.4, 0.5) is 0 Å². The lowest BCUT2D eigenvalue weighted by atomic mass is 9.91. The number of carbonyl (C=O) groups excluding carboxylic acids is 2. The number of fused-ring (bicyclic) bond motifs is 3. The number of nitrogens with one attached hydrogen (secondary N) is 1. The van der Waals surface area contributed by atoms with Crippen molar-refractivity contribution in [3.05, 3.63) is 53.0 Å². The van der Waals surface area contributed by atoms with E-state index < -0.39 is 5.54 Å². The van der Waals surface area contributed by atoms with E-state index in [0.29, 0.717) is 25.4 Å². The smallest absolute Gasteiger partial charge is 0.271 e. The Kier molecular flexibility index (Phi) is 6.87. The number of aromatic nitrogens is 1. The van der Waals surface area contributed by atoms with Gasteiger partial charge in [0.05, 0.1) is 23.4 Å². The summed E-state index contributed by atoms with van der Waals surface area (Å²) in [5.41, 5.74) is 1.69. The maximum Gasteiger partial charge on any atom is 0.271 e. The molecule has 5 rings (SSSR count). The van der Waals surface area contributed by atoms with Gasteiger partial charge in [0.1, 0.15) is 17.0 Å². The molecule has 1 unspecified atom stereocenters. The zero-order valence-corrected chi connectivity index (χ0v) is 21.5. The van der Waals surface area contributed by atoms with E-state index in [-0.39, 0.29) is 17.9 Å². The predicted molar refractivity (Wildman–Crippen MR) is 140 cm³/mol. The van der Waals surface area contributed by atoms with E-state index in [2.05, 4.69) is 5.32 Å². The lowest BCUT2D eigenvalue weighted by Crippen LogP contribution is -2.64. The van der Waals surface area contributed by atoms with E-state index in [4.69, 9.17) is 4.74 Å². The Morgan fingerprint density at radius 3 is 2.54 bits per heavy atom. The zero-order chi connectivity index (χ0) is 24.4. The molecule has 1 fully saturated rings. The molecule has 0 bridgehead atoms. The van der Waals surface area contributed by atoms with Gasteiger partial charge in [0.15, 0.2) is 0 Å². The highest BCUT2D eigenvalue weighted by molar-refractivity contribution is 7.17. The molecule has 0 radical (unpaired) electrons. The molecular formula is C28H35N3O3S. The van der Waals surface area contributed by atoms with Crippen LogP contribution in [0.5, 0.6) is 5.75 Å². The molecule has 1 saturated carbocycles. The number of hydrogen-bond donors (Lipinski definition) is 1. The van der Waals surface area contributed by atoms with E-state index in [0.717, 1.165) is 47.2 Å². The number of amides is 2. The summed E-state index contributed by atoms with van der Waals surface area (Å²) in [6.07, 6.45) is 8.07. The first-order chi connectivity index (χ1) is 17.0. The maximum absolute atomic E-state index is 13.9. The summed E-state index contributed by atoms with van der Waals surface area (Å²) in [6.45, 7) is 5.32. The van der Waals surface area contributed by atoms with Crippen molar-refractivity contribution >= 4 is 33.4 Å².